The van der Waals surface area contributed by atoms with Crippen LogP contribution in [0, 0.1) is 11.8 Å². The summed E-state index contributed by atoms with van der Waals surface area (Å²) < 4.78 is 68.9. The van der Waals surface area contributed by atoms with Gasteiger partial charge in [-0.15, -0.1) is 0 Å². The molecule has 5 atom stereocenters. The van der Waals surface area contributed by atoms with Crippen LogP contribution < -0.4 is 0 Å². The van der Waals surface area contributed by atoms with Crippen molar-refractivity contribution in [1.29, 1.82) is 0 Å². The van der Waals surface area contributed by atoms with Crippen molar-refractivity contribution < 1.29 is 80.2 Å². The van der Waals surface area contributed by atoms with Gasteiger partial charge in [0, 0.05) is 25.7 Å². The van der Waals surface area contributed by atoms with Crippen LogP contribution in [0.2, 0.25) is 0 Å². The molecule has 3 N–H and O–H groups in total. The molecule has 0 fully saturated rings. The van der Waals surface area contributed by atoms with Gasteiger partial charge in [0.2, 0.25) is 0 Å². The second-order valence-electron chi connectivity index (χ2n) is 31.9. The van der Waals surface area contributed by atoms with Crippen LogP contribution in [-0.2, 0) is 65.4 Å². The average Bonchev–Trinajstić information content (AvgIpc) is 0.914. The lowest BCUT2D eigenvalue weighted by Crippen LogP contribution is -2.30. The van der Waals surface area contributed by atoms with E-state index in [1.165, 1.54) is 276 Å². The molecule has 0 amide bonds. The summed E-state index contributed by atoms with van der Waals surface area (Å²) in [6.45, 7) is 9.71. The molecule has 0 saturated carbocycles. The van der Waals surface area contributed by atoms with Crippen molar-refractivity contribution in [1.82, 2.24) is 0 Å². The van der Waals surface area contributed by atoms with Crippen LogP contribution in [0.5, 0.6) is 0 Å². The molecule has 2 unspecified atom stereocenters. The molecule has 19 heteroatoms. The number of phosphoric ester groups is 2. The zero-order chi connectivity index (χ0) is 77.1. The molecule has 0 bridgehead atoms. The maximum Gasteiger partial charge on any atom is 0.472 e. The predicted molar refractivity (Wildman–Crippen MR) is 432 cm³/mol. The molecule has 0 aromatic carbocycles. The number of phosphoric acid groups is 2. The fourth-order valence-corrected chi connectivity index (χ4v) is 15.0. The summed E-state index contributed by atoms with van der Waals surface area (Å²) in [7, 11) is -9.93. The molecular weight excluding hydrogens is 1370 g/mol. The quantitative estimate of drug-likeness (QED) is 0.0222. The Kier molecular flexibility index (Phi) is 76.0. The van der Waals surface area contributed by atoms with Crippen molar-refractivity contribution in [3.63, 3.8) is 0 Å². The lowest BCUT2D eigenvalue weighted by Gasteiger charge is -2.21. The Morgan fingerprint density at radius 3 is 0.648 bits per heavy atom. The van der Waals surface area contributed by atoms with Crippen molar-refractivity contribution >= 4 is 39.5 Å². The number of esters is 4. The summed E-state index contributed by atoms with van der Waals surface area (Å²) in [5.41, 5.74) is 0. The molecule has 0 spiro atoms. The molecule has 0 aliphatic rings. The Morgan fingerprint density at radius 1 is 0.257 bits per heavy atom. The van der Waals surface area contributed by atoms with Gasteiger partial charge in [0.25, 0.3) is 0 Å². The Balaban J connectivity index is 5.21. The Bertz CT molecular complexity index is 2010. The highest BCUT2D eigenvalue weighted by Crippen LogP contribution is 2.45. The Labute approximate surface area is 645 Å². The van der Waals surface area contributed by atoms with Gasteiger partial charge in [0.05, 0.1) is 26.4 Å². The minimum absolute atomic E-state index is 0.108. The summed E-state index contributed by atoms with van der Waals surface area (Å²) in [6, 6.07) is 0. The average molecular weight is 1540 g/mol. The molecule has 0 aromatic heterocycles. The third kappa shape index (κ3) is 79.9. The van der Waals surface area contributed by atoms with Crippen LogP contribution >= 0.6 is 15.6 Å². The molecular formula is C86H168O17P2. The van der Waals surface area contributed by atoms with Gasteiger partial charge in [-0.05, 0) is 37.5 Å². The highest BCUT2D eigenvalue weighted by Gasteiger charge is 2.30. The van der Waals surface area contributed by atoms with Crippen LogP contribution in [0.4, 0.5) is 0 Å². The molecule has 624 valence electrons. The van der Waals surface area contributed by atoms with Crippen LogP contribution in [0.3, 0.4) is 0 Å². The van der Waals surface area contributed by atoms with E-state index in [9.17, 15) is 43.2 Å². The number of carbonyl (C=O) groups is 4. The number of aliphatic hydroxyl groups excluding tert-OH is 1. The summed E-state index contributed by atoms with van der Waals surface area (Å²) in [5.74, 6) is -0.495. The summed E-state index contributed by atoms with van der Waals surface area (Å²) in [6.07, 6.45) is 69.5. The second-order valence-corrected chi connectivity index (χ2v) is 34.8. The number of hydrogen-bond acceptors (Lipinski definition) is 15. The number of hydrogen-bond donors (Lipinski definition) is 3. The summed E-state index contributed by atoms with van der Waals surface area (Å²) >= 11 is 0. The van der Waals surface area contributed by atoms with E-state index in [0.29, 0.717) is 25.7 Å². The van der Waals surface area contributed by atoms with Gasteiger partial charge >= 0.3 is 39.5 Å². The fraction of sp³-hybridized carbons (Fsp3) is 0.953. The minimum Gasteiger partial charge on any atom is -0.462 e. The van der Waals surface area contributed by atoms with E-state index in [0.717, 1.165) is 102 Å². The first-order chi connectivity index (χ1) is 50.9. The molecule has 0 aliphatic carbocycles. The fourth-order valence-electron chi connectivity index (χ4n) is 13.4. The van der Waals surface area contributed by atoms with Crippen LogP contribution in [0.25, 0.3) is 0 Å². The lowest BCUT2D eigenvalue weighted by molar-refractivity contribution is -0.161. The van der Waals surface area contributed by atoms with E-state index in [1.54, 1.807) is 0 Å². The monoisotopic (exact) mass is 1540 g/mol. The molecule has 0 aliphatic heterocycles. The predicted octanol–water partition coefficient (Wildman–Crippen LogP) is 26.2. The van der Waals surface area contributed by atoms with Gasteiger partial charge in [-0.2, -0.15) is 0 Å². The zero-order valence-corrected chi connectivity index (χ0v) is 70.8. The molecule has 105 heavy (non-hydrogen) atoms. The van der Waals surface area contributed by atoms with Gasteiger partial charge < -0.3 is 33.8 Å². The van der Waals surface area contributed by atoms with E-state index in [-0.39, 0.29) is 25.7 Å². The van der Waals surface area contributed by atoms with E-state index in [4.69, 9.17) is 37.0 Å². The van der Waals surface area contributed by atoms with Crippen LogP contribution in [0.15, 0.2) is 0 Å². The molecule has 0 heterocycles. The second kappa shape index (κ2) is 77.4. The number of ether oxygens (including phenoxy) is 4. The van der Waals surface area contributed by atoms with Crippen LogP contribution in [-0.4, -0.2) is 96.7 Å². The molecule has 17 nitrogen and oxygen atoms in total. The first-order valence-electron chi connectivity index (χ1n) is 44.5. The third-order valence-corrected chi connectivity index (χ3v) is 22.1. The summed E-state index contributed by atoms with van der Waals surface area (Å²) in [4.78, 5) is 73.2. The molecule has 0 rings (SSSR count). The first-order valence-corrected chi connectivity index (χ1v) is 47.5. The van der Waals surface area contributed by atoms with Crippen molar-refractivity contribution in [3.8, 4) is 0 Å². The maximum atomic E-state index is 13.1. The topological polar surface area (TPSA) is 237 Å². The smallest absolute Gasteiger partial charge is 0.462 e. The Morgan fingerprint density at radius 2 is 0.438 bits per heavy atom. The zero-order valence-electron chi connectivity index (χ0n) is 69.0. The lowest BCUT2D eigenvalue weighted by atomic mass is 10.0. The van der Waals surface area contributed by atoms with E-state index < -0.39 is 97.5 Å². The Hall–Kier alpha value is -1.94. The SMILES string of the molecule is CCCCCCCCCCCCCCCCCCCCCCC(=O)O[C@H](COC(=O)CCCCCCCCCCCCCCCCCCC(C)C)COP(=O)(O)OC[C@@H](O)COP(=O)(O)OC[C@@H](COC(=O)CCCCCCCCCCC)OC(=O)CCCCCCCCCCCCCCCCC(C)C. The number of carbonyl (C=O) groups excluding carboxylic acids is 4. The van der Waals surface area contributed by atoms with Crippen molar-refractivity contribution in [2.45, 2.75) is 477 Å². The van der Waals surface area contributed by atoms with Gasteiger partial charge in [0.1, 0.15) is 19.3 Å². The van der Waals surface area contributed by atoms with Crippen LogP contribution in [0.1, 0.15) is 459 Å². The van der Waals surface area contributed by atoms with Crippen molar-refractivity contribution in [3.05, 3.63) is 0 Å². The van der Waals surface area contributed by atoms with E-state index in [1.807, 2.05) is 0 Å². The molecule has 0 radical (unpaired) electrons. The third-order valence-electron chi connectivity index (χ3n) is 20.2. The number of rotatable bonds is 85. The normalized spacial score (nSPS) is 13.8. The standard InChI is InChI=1S/C86H168O17P2/c1-7-9-11-13-15-17-18-19-20-21-22-23-24-29-35-40-46-52-58-64-70-86(91)103-82(75-97-84(89)69-63-57-51-45-39-34-28-26-25-27-32-37-43-48-54-60-66-78(3)4)77-101-105(94,95)99-73-80(87)72-98-104(92,93)100-76-81(74-96-83(88)68-62-56-50-42-16-14-12-10-8-2)102-85(90)71-65-59-53-47-41-36-31-30-33-38-44-49-55-61-67-79(5)6/h78-82,87H,7-77H2,1-6H3,(H,92,93)(H,94,95)/t80-,81+,82+/m0/s1. The van der Waals surface area contributed by atoms with Gasteiger partial charge in [0.15, 0.2) is 12.2 Å². The minimum atomic E-state index is -4.97. The van der Waals surface area contributed by atoms with E-state index >= 15 is 0 Å². The van der Waals surface area contributed by atoms with Crippen molar-refractivity contribution in [2.75, 3.05) is 39.6 Å². The molecule has 0 saturated heterocycles. The number of unbranched alkanes of at least 4 members (excludes halogenated alkanes) is 55. The van der Waals surface area contributed by atoms with Gasteiger partial charge in [-0.25, -0.2) is 9.13 Å². The first kappa shape index (κ1) is 103. The van der Waals surface area contributed by atoms with Crippen molar-refractivity contribution in [2.24, 2.45) is 11.8 Å². The highest BCUT2D eigenvalue weighted by atomic mass is 31.2. The van der Waals surface area contributed by atoms with Gasteiger partial charge in [-0.3, -0.25) is 37.3 Å². The molecule has 0 aromatic rings. The maximum absolute atomic E-state index is 13.1. The van der Waals surface area contributed by atoms with Gasteiger partial charge in [-0.1, -0.05) is 408 Å². The summed E-state index contributed by atoms with van der Waals surface area (Å²) in [5, 5.41) is 10.7. The number of aliphatic hydroxyl groups is 1. The van der Waals surface area contributed by atoms with E-state index in [2.05, 4.69) is 41.5 Å². The highest BCUT2D eigenvalue weighted by molar-refractivity contribution is 7.47. The largest absolute Gasteiger partial charge is 0.472 e.